The molecule has 0 unspecified atom stereocenters. The molecule has 0 amide bonds. The zero-order valence-corrected chi connectivity index (χ0v) is 8.87. The van der Waals surface area contributed by atoms with E-state index < -0.39 is 0 Å². The molecule has 0 spiro atoms. The molecule has 14 heavy (non-hydrogen) atoms. The Bertz CT molecular complexity index is 178. The van der Waals surface area contributed by atoms with Crippen molar-refractivity contribution < 1.29 is 5.21 Å². The number of oxime groups is 1. The molecule has 0 aliphatic heterocycles. The first-order valence-electron chi connectivity index (χ1n) is 5.09. The zero-order chi connectivity index (χ0) is 10.6. The SMILES string of the molecule is C/C=C/CCNCCCC/C(N)=N/O. The Kier molecular flexibility index (Phi) is 9.31. The van der Waals surface area contributed by atoms with E-state index in [4.69, 9.17) is 10.9 Å². The van der Waals surface area contributed by atoms with Crippen LogP contribution in [-0.2, 0) is 0 Å². The third-order valence-corrected chi connectivity index (χ3v) is 1.89. The average Bonchev–Trinajstić information content (AvgIpc) is 2.21. The van der Waals surface area contributed by atoms with Gasteiger partial charge in [0.05, 0.1) is 0 Å². The van der Waals surface area contributed by atoms with E-state index in [2.05, 4.69) is 22.6 Å². The van der Waals surface area contributed by atoms with Gasteiger partial charge in [-0.25, -0.2) is 0 Å². The molecule has 0 aliphatic carbocycles. The smallest absolute Gasteiger partial charge is 0.139 e. The van der Waals surface area contributed by atoms with Crippen LogP contribution in [0.4, 0.5) is 0 Å². The van der Waals surface area contributed by atoms with Crippen LogP contribution in [0.5, 0.6) is 0 Å². The van der Waals surface area contributed by atoms with Crippen LogP contribution in [0.1, 0.15) is 32.6 Å². The van der Waals surface area contributed by atoms with Crippen LogP contribution >= 0.6 is 0 Å². The number of nitrogens with zero attached hydrogens (tertiary/aromatic N) is 1. The minimum absolute atomic E-state index is 0.318. The summed E-state index contributed by atoms with van der Waals surface area (Å²) in [6, 6.07) is 0. The lowest BCUT2D eigenvalue weighted by Crippen LogP contribution is -2.17. The van der Waals surface area contributed by atoms with Gasteiger partial charge in [0.25, 0.3) is 0 Å². The van der Waals surface area contributed by atoms with Crippen molar-refractivity contribution in [1.29, 1.82) is 0 Å². The van der Waals surface area contributed by atoms with Crippen LogP contribution in [-0.4, -0.2) is 24.1 Å². The Balaban J connectivity index is 3.06. The summed E-state index contributed by atoms with van der Waals surface area (Å²) in [5.41, 5.74) is 5.32. The van der Waals surface area contributed by atoms with Crippen molar-refractivity contribution in [3.8, 4) is 0 Å². The normalized spacial score (nSPS) is 12.5. The van der Waals surface area contributed by atoms with Gasteiger partial charge in [-0.15, -0.1) is 0 Å². The highest BCUT2D eigenvalue weighted by atomic mass is 16.4. The Hall–Kier alpha value is -1.03. The second kappa shape index (κ2) is 10.1. The molecular weight excluding hydrogens is 178 g/mol. The highest BCUT2D eigenvalue weighted by Gasteiger charge is 1.92. The summed E-state index contributed by atoms with van der Waals surface area (Å²) >= 11 is 0. The van der Waals surface area contributed by atoms with E-state index in [1.165, 1.54) is 0 Å². The van der Waals surface area contributed by atoms with Crippen molar-refractivity contribution in [2.45, 2.75) is 32.6 Å². The fourth-order valence-corrected chi connectivity index (χ4v) is 1.08. The second-order valence-electron chi connectivity index (χ2n) is 3.16. The first kappa shape index (κ1) is 13.0. The van der Waals surface area contributed by atoms with Gasteiger partial charge in [0, 0.05) is 6.42 Å². The molecule has 82 valence electrons. The van der Waals surface area contributed by atoms with Gasteiger partial charge in [-0.2, -0.15) is 0 Å². The van der Waals surface area contributed by atoms with Gasteiger partial charge in [-0.1, -0.05) is 17.3 Å². The Morgan fingerprint density at radius 3 is 2.86 bits per heavy atom. The van der Waals surface area contributed by atoms with Crippen LogP contribution in [0, 0.1) is 0 Å². The molecule has 0 rings (SSSR count). The molecule has 0 bridgehead atoms. The van der Waals surface area contributed by atoms with Gasteiger partial charge >= 0.3 is 0 Å². The van der Waals surface area contributed by atoms with Crippen molar-refractivity contribution in [2.75, 3.05) is 13.1 Å². The molecule has 0 aromatic rings. The molecule has 0 aromatic heterocycles. The third-order valence-electron chi connectivity index (χ3n) is 1.89. The summed E-state index contributed by atoms with van der Waals surface area (Å²) in [4.78, 5) is 0. The standard InChI is InChI=1S/C10H21N3O/c1-2-3-5-8-12-9-6-4-7-10(11)13-14/h2-3,12,14H,4-9H2,1H3,(H2,11,13)/b3-2+. The largest absolute Gasteiger partial charge is 0.409 e. The molecule has 0 fully saturated rings. The van der Waals surface area contributed by atoms with Gasteiger partial charge in [-0.05, 0) is 39.3 Å². The summed E-state index contributed by atoms with van der Waals surface area (Å²) in [6.45, 7) is 4.04. The number of nitrogens with two attached hydrogens (primary N) is 1. The maximum atomic E-state index is 8.27. The summed E-state index contributed by atoms with van der Waals surface area (Å²) in [7, 11) is 0. The van der Waals surface area contributed by atoms with Gasteiger partial charge < -0.3 is 16.3 Å². The molecule has 4 heteroatoms. The molecular formula is C10H21N3O. The quantitative estimate of drug-likeness (QED) is 0.138. The van der Waals surface area contributed by atoms with Crippen LogP contribution in [0.15, 0.2) is 17.3 Å². The fraction of sp³-hybridized carbons (Fsp3) is 0.700. The van der Waals surface area contributed by atoms with Crippen LogP contribution in [0.3, 0.4) is 0 Å². The molecule has 0 atom stereocenters. The monoisotopic (exact) mass is 199 g/mol. The van der Waals surface area contributed by atoms with Gasteiger partial charge in [-0.3, -0.25) is 0 Å². The number of unbranched alkanes of at least 4 members (excludes halogenated alkanes) is 1. The molecule has 4 N–H and O–H groups in total. The van der Waals surface area contributed by atoms with Crippen molar-refractivity contribution in [3.05, 3.63) is 12.2 Å². The van der Waals surface area contributed by atoms with Crippen LogP contribution < -0.4 is 11.1 Å². The number of rotatable bonds is 8. The van der Waals surface area contributed by atoms with Gasteiger partial charge in [0.1, 0.15) is 5.84 Å². The molecule has 0 aliphatic rings. The maximum Gasteiger partial charge on any atom is 0.139 e. The highest BCUT2D eigenvalue weighted by Crippen LogP contribution is 1.93. The van der Waals surface area contributed by atoms with E-state index in [1.807, 2.05) is 6.92 Å². The van der Waals surface area contributed by atoms with Crippen molar-refractivity contribution in [3.63, 3.8) is 0 Å². The lowest BCUT2D eigenvalue weighted by molar-refractivity contribution is 0.316. The number of hydrogen-bond donors (Lipinski definition) is 3. The number of amidine groups is 1. The number of hydrogen-bond acceptors (Lipinski definition) is 3. The van der Waals surface area contributed by atoms with Crippen LogP contribution in [0.25, 0.3) is 0 Å². The molecule has 0 aromatic carbocycles. The summed E-state index contributed by atoms with van der Waals surface area (Å²) in [5, 5.41) is 14.5. The Labute approximate surface area is 85.9 Å². The summed E-state index contributed by atoms with van der Waals surface area (Å²) < 4.78 is 0. The minimum Gasteiger partial charge on any atom is -0.409 e. The average molecular weight is 199 g/mol. The van der Waals surface area contributed by atoms with E-state index in [0.29, 0.717) is 12.3 Å². The zero-order valence-electron chi connectivity index (χ0n) is 8.87. The van der Waals surface area contributed by atoms with E-state index in [-0.39, 0.29) is 0 Å². The summed E-state index contributed by atoms with van der Waals surface area (Å²) in [5.74, 6) is 0.318. The van der Waals surface area contributed by atoms with E-state index in [0.717, 1.165) is 32.4 Å². The highest BCUT2D eigenvalue weighted by molar-refractivity contribution is 5.79. The molecule has 0 saturated heterocycles. The van der Waals surface area contributed by atoms with Gasteiger partial charge in [0.15, 0.2) is 0 Å². The first-order chi connectivity index (χ1) is 6.81. The lowest BCUT2D eigenvalue weighted by Gasteiger charge is -2.02. The van der Waals surface area contributed by atoms with E-state index in [9.17, 15) is 0 Å². The van der Waals surface area contributed by atoms with Crippen molar-refractivity contribution >= 4 is 5.84 Å². The van der Waals surface area contributed by atoms with Crippen molar-refractivity contribution in [1.82, 2.24) is 5.32 Å². The lowest BCUT2D eigenvalue weighted by atomic mass is 10.2. The predicted octanol–water partition coefficient (Wildman–Crippen LogP) is 1.46. The Morgan fingerprint density at radius 1 is 1.43 bits per heavy atom. The second-order valence-corrected chi connectivity index (χ2v) is 3.16. The Morgan fingerprint density at radius 2 is 2.21 bits per heavy atom. The first-order valence-corrected chi connectivity index (χ1v) is 5.09. The topological polar surface area (TPSA) is 70.6 Å². The number of nitrogens with one attached hydrogen (secondary N) is 1. The van der Waals surface area contributed by atoms with E-state index >= 15 is 0 Å². The number of allylic oxidation sites excluding steroid dienone is 1. The third kappa shape index (κ3) is 9.06. The van der Waals surface area contributed by atoms with Gasteiger partial charge in [0.2, 0.25) is 0 Å². The van der Waals surface area contributed by atoms with Crippen molar-refractivity contribution in [2.24, 2.45) is 10.9 Å². The molecule has 0 heterocycles. The summed E-state index contributed by atoms with van der Waals surface area (Å²) in [6.07, 6.45) is 7.98. The molecule has 0 radical (unpaired) electrons. The molecule has 0 saturated carbocycles. The fourth-order valence-electron chi connectivity index (χ4n) is 1.08. The van der Waals surface area contributed by atoms with E-state index in [1.54, 1.807) is 0 Å². The minimum atomic E-state index is 0.318. The molecule has 4 nitrogen and oxygen atoms in total. The predicted molar refractivity (Wildman–Crippen MR) is 59.6 cm³/mol. The van der Waals surface area contributed by atoms with Crippen LogP contribution in [0.2, 0.25) is 0 Å². The maximum absolute atomic E-state index is 8.27.